The van der Waals surface area contributed by atoms with Crippen LogP contribution in [-0.4, -0.2) is 21.8 Å². The van der Waals surface area contributed by atoms with E-state index < -0.39 is 11.6 Å². The number of nitrogens with one attached hydrogen (secondary N) is 1. The second-order valence-electron chi connectivity index (χ2n) is 6.17. The Kier molecular flexibility index (Phi) is 3.56. The summed E-state index contributed by atoms with van der Waals surface area (Å²) >= 11 is 0. The normalized spacial score (nSPS) is 14.1. The molecule has 1 N–H and O–H groups in total. The molecule has 1 fully saturated rings. The van der Waals surface area contributed by atoms with Gasteiger partial charge in [0.2, 0.25) is 0 Å². The van der Waals surface area contributed by atoms with E-state index >= 15 is 0 Å². The average Bonchev–Trinajstić information content (AvgIpc) is 3.31. The van der Waals surface area contributed by atoms with Crippen LogP contribution >= 0.6 is 0 Å². The van der Waals surface area contributed by atoms with Crippen molar-refractivity contribution in [3.05, 3.63) is 71.4 Å². The highest BCUT2D eigenvalue weighted by molar-refractivity contribution is 5.98. The number of nitrogens with zero attached hydrogens (tertiary/aromatic N) is 1. The third-order valence-corrected chi connectivity index (χ3v) is 4.36. The van der Waals surface area contributed by atoms with Crippen molar-refractivity contribution in [1.29, 1.82) is 0 Å². The summed E-state index contributed by atoms with van der Waals surface area (Å²) in [5.41, 5.74) is 1.71. The molecule has 0 unspecified atom stereocenters. The highest BCUT2D eigenvalue weighted by Gasteiger charge is 2.34. The van der Waals surface area contributed by atoms with Crippen molar-refractivity contribution in [3.8, 4) is 0 Å². The number of fused-ring (bicyclic) bond motifs is 1. The molecule has 1 amide bonds. The van der Waals surface area contributed by atoms with Gasteiger partial charge in [0.05, 0.1) is 0 Å². The van der Waals surface area contributed by atoms with Crippen LogP contribution in [0.3, 0.4) is 0 Å². The minimum atomic E-state index is -0.620. The maximum Gasteiger partial charge on any atom is 0.270 e. The van der Waals surface area contributed by atoms with Crippen molar-refractivity contribution in [2.24, 2.45) is 0 Å². The number of benzene rings is 2. The number of halogens is 2. The van der Waals surface area contributed by atoms with Gasteiger partial charge in [-0.15, -0.1) is 0 Å². The molecule has 1 aliphatic rings. The highest BCUT2D eigenvalue weighted by Crippen LogP contribution is 2.30. The van der Waals surface area contributed by atoms with Crippen LogP contribution in [0.25, 0.3) is 10.9 Å². The predicted molar refractivity (Wildman–Crippen MR) is 87.6 cm³/mol. The van der Waals surface area contributed by atoms with Crippen molar-refractivity contribution in [2.75, 3.05) is 0 Å². The molecule has 1 aliphatic carbocycles. The van der Waals surface area contributed by atoms with E-state index in [1.54, 1.807) is 4.90 Å². The zero-order valence-corrected chi connectivity index (χ0v) is 12.9. The van der Waals surface area contributed by atoms with Gasteiger partial charge in [-0.2, -0.15) is 0 Å². The van der Waals surface area contributed by atoms with E-state index in [1.807, 2.05) is 30.3 Å². The summed E-state index contributed by atoms with van der Waals surface area (Å²) < 4.78 is 27.0. The minimum absolute atomic E-state index is 0.119. The first kappa shape index (κ1) is 14.9. The number of rotatable bonds is 4. The summed E-state index contributed by atoms with van der Waals surface area (Å²) in [6, 6.07) is 13.1. The molecule has 5 heteroatoms. The van der Waals surface area contributed by atoms with E-state index in [2.05, 4.69) is 4.98 Å². The Morgan fingerprint density at radius 3 is 2.62 bits per heavy atom. The zero-order valence-electron chi connectivity index (χ0n) is 12.9. The molecule has 4 rings (SSSR count). The Labute approximate surface area is 137 Å². The summed E-state index contributed by atoms with van der Waals surface area (Å²) in [5, 5.41) is 0.963. The number of aromatic amines is 1. The lowest BCUT2D eigenvalue weighted by molar-refractivity contribution is 0.0723. The first-order valence-electron chi connectivity index (χ1n) is 7.94. The lowest BCUT2D eigenvalue weighted by Crippen LogP contribution is -2.33. The van der Waals surface area contributed by atoms with Crippen LogP contribution in [0, 0.1) is 11.6 Å². The molecule has 0 bridgehead atoms. The van der Waals surface area contributed by atoms with Crippen LogP contribution in [0.5, 0.6) is 0 Å². The van der Waals surface area contributed by atoms with Gasteiger partial charge in [0, 0.05) is 35.1 Å². The number of hydrogen-bond donors (Lipinski definition) is 1. The monoisotopic (exact) mass is 326 g/mol. The Morgan fingerprint density at radius 1 is 1.12 bits per heavy atom. The average molecular weight is 326 g/mol. The topological polar surface area (TPSA) is 36.1 Å². The SMILES string of the molecule is O=C(c1cc2ccccc2[nH]1)N(Cc1ccc(F)cc1F)C1CC1. The maximum atomic E-state index is 13.9. The number of carbonyl (C=O) groups is 1. The molecule has 1 aromatic heterocycles. The van der Waals surface area contributed by atoms with Gasteiger partial charge in [-0.05, 0) is 31.0 Å². The van der Waals surface area contributed by atoms with Gasteiger partial charge in [-0.1, -0.05) is 24.3 Å². The minimum Gasteiger partial charge on any atom is -0.351 e. The summed E-state index contributed by atoms with van der Waals surface area (Å²) in [7, 11) is 0. The zero-order chi connectivity index (χ0) is 16.7. The summed E-state index contributed by atoms with van der Waals surface area (Å²) in [5.74, 6) is -1.39. The van der Waals surface area contributed by atoms with Crippen molar-refractivity contribution < 1.29 is 13.6 Å². The van der Waals surface area contributed by atoms with Crippen LogP contribution < -0.4 is 0 Å². The molecule has 2 aromatic carbocycles. The first-order valence-corrected chi connectivity index (χ1v) is 7.94. The molecular weight excluding hydrogens is 310 g/mol. The summed E-state index contributed by atoms with van der Waals surface area (Å²) in [6.07, 6.45) is 1.82. The van der Waals surface area contributed by atoms with E-state index in [0.29, 0.717) is 11.3 Å². The molecule has 0 radical (unpaired) electrons. The number of aromatic nitrogens is 1. The van der Waals surface area contributed by atoms with E-state index in [1.165, 1.54) is 12.1 Å². The maximum absolute atomic E-state index is 13.9. The third kappa shape index (κ3) is 2.77. The van der Waals surface area contributed by atoms with Crippen LogP contribution in [0.1, 0.15) is 28.9 Å². The van der Waals surface area contributed by atoms with E-state index in [-0.39, 0.29) is 18.5 Å². The second-order valence-corrected chi connectivity index (χ2v) is 6.17. The Bertz CT molecular complexity index is 882. The summed E-state index contributed by atoms with van der Waals surface area (Å²) in [6.45, 7) is 0.144. The Hall–Kier alpha value is -2.69. The van der Waals surface area contributed by atoms with Gasteiger partial charge >= 0.3 is 0 Å². The molecule has 3 nitrogen and oxygen atoms in total. The lowest BCUT2D eigenvalue weighted by Gasteiger charge is -2.22. The van der Waals surface area contributed by atoms with Crippen molar-refractivity contribution >= 4 is 16.8 Å². The fourth-order valence-corrected chi connectivity index (χ4v) is 2.93. The van der Waals surface area contributed by atoms with Crippen molar-refractivity contribution in [1.82, 2.24) is 9.88 Å². The molecule has 1 heterocycles. The molecule has 0 spiro atoms. The molecular formula is C19H16F2N2O. The van der Waals surface area contributed by atoms with Crippen LogP contribution in [0.15, 0.2) is 48.5 Å². The Balaban J connectivity index is 1.63. The third-order valence-electron chi connectivity index (χ3n) is 4.36. The van der Waals surface area contributed by atoms with Crippen LogP contribution in [0.4, 0.5) is 8.78 Å². The van der Waals surface area contributed by atoms with E-state index in [9.17, 15) is 13.6 Å². The van der Waals surface area contributed by atoms with Gasteiger partial charge in [0.1, 0.15) is 17.3 Å². The number of hydrogen-bond acceptors (Lipinski definition) is 1. The number of H-pyrrole nitrogens is 1. The van der Waals surface area contributed by atoms with E-state index in [0.717, 1.165) is 29.8 Å². The number of carbonyl (C=O) groups excluding carboxylic acids is 1. The van der Waals surface area contributed by atoms with E-state index in [4.69, 9.17) is 0 Å². The largest absolute Gasteiger partial charge is 0.351 e. The van der Waals surface area contributed by atoms with Crippen molar-refractivity contribution in [2.45, 2.75) is 25.4 Å². The standard InChI is InChI=1S/C19H16F2N2O/c20-14-6-5-13(16(21)10-14)11-23(15-7-8-15)19(24)18-9-12-3-1-2-4-17(12)22-18/h1-6,9-10,15,22H,7-8,11H2. The van der Waals surface area contributed by atoms with Crippen LogP contribution in [0.2, 0.25) is 0 Å². The Morgan fingerprint density at radius 2 is 1.92 bits per heavy atom. The second kappa shape index (κ2) is 5.74. The quantitative estimate of drug-likeness (QED) is 0.764. The molecule has 0 saturated heterocycles. The van der Waals surface area contributed by atoms with Crippen LogP contribution in [-0.2, 0) is 6.54 Å². The highest BCUT2D eigenvalue weighted by atomic mass is 19.1. The molecule has 24 heavy (non-hydrogen) atoms. The van der Waals surface area contributed by atoms with Gasteiger partial charge < -0.3 is 9.88 Å². The first-order chi connectivity index (χ1) is 11.6. The van der Waals surface area contributed by atoms with Gasteiger partial charge in [-0.3, -0.25) is 4.79 Å². The van der Waals surface area contributed by atoms with Gasteiger partial charge in [0.25, 0.3) is 5.91 Å². The fourth-order valence-electron chi connectivity index (χ4n) is 2.93. The smallest absolute Gasteiger partial charge is 0.270 e. The molecule has 122 valence electrons. The molecule has 0 aliphatic heterocycles. The number of para-hydroxylation sites is 1. The van der Waals surface area contributed by atoms with Crippen molar-refractivity contribution in [3.63, 3.8) is 0 Å². The van der Waals surface area contributed by atoms with Gasteiger partial charge in [-0.25, -0.2) is 8.78 Å². The summed E-state index contributed by atoms with van der Waals surface area (Å²) in [4.78, 5) is 17.7. The predicted octanol–water partition coefficient (Wildman–Crippen LogP) is 4.25. The number of amides is 1. The lowest BCUT2D eigenvalue weighted by atomic mass is 10.2. The molecule has 1 saturated carbocycles. The fraction of sp³-hybridized carbons (Fsp3) is 0.211. The molecule has 3 aromatic rings. The molecule has 0 atom stereocenters. The van der Waals surface area contributed by atoms with Gasteiger partial charge in [0.15, 0.2) is 0 Å².